The van der Waals surface area contributed by atoms with Crippen molar-refractivity contribution >= 4 is 11.8 Å². The number of Topliss-reactive ketones (excluding diaryl/α,β-unsaturated/α-hetero) is 1. The fourth-order valence-corrected chi connectivity index (χ4v) is 7.37. The number of carboxylic acids is 1. The van der Waals surface area contributed by atoms with Gasteiger partial charge in [0.05, 0.1) is 0 Å². The van der Waals surface area contributed by atoms with Gasteiger partial charge in [0.25, 0.3) is 0 Å². The predicted octanol–water partition coefficient (Wildman–Crippen LogP) is 5.87. The molecule has 0 amide bonds. The summed E-state index contributed by atoms with van der Waals surface area (Å²) in [7, 11) is 0. The van der Waals surface area contributed by atoms with Crippen molar-refractivity contribution in [3.63, 3.8) is 0 Å². The third-order valence-corrected chi connectivity index (χ3v) is 8.35. The van der Waals surface area contributed by atoms with E-state index in [2.05, 4.69) is 13.8 Å². The van der Waals surface area contributed by atoms with Gasteiger partial charge in [0.2, 0.25) is 0 Å². The van der Waals surface area contributed by atoms with Crippen LogP contribution in [0.15, 0.2) is 0 Å². The van der Waals surface area contributed by atoms with Crippen LogP contribution >= 0.6 is 0 Å². The van der Waals surface area contributed by atoms with Crippen molar-refractivity contribution in [1.82, 2.24) is 0 Å². The molecule has 0 aromatic rings. The molecule has 3 saturated carbocycles. The number of rotatable bonds is 6. The molecule has 0 radical (unpaired) electrons. The number of carboxylic acid groups (broad SMARTS) is 1. The van der Waals surface area contributed by atoms with Crippen molar-refractivity contribution in [3.8, 4) is 0 Å². The molecule has 0 bridgehead atoms. The summed E-state index contributed by atoms with van der Waals surface area (Å²) in [6.07, 6.45) is 1.41. The highest BCUT2D eigenvalue weighted by Gasteiger charge is 2.58. The average molecular weight is 402 g/mol. The monoisotopic (exact) mass is 402 g/mol. The molecule has 7 atom stereocenters. The summed E-state index contributed by atoms with van der Waals surface area (Å²) < 4.78 is 39.3. The zero-order valence-corrected chi connectivity index (χ0v) is 16.9. The van der Waals surface area contributed by atoms with Crippen LogP contribution in [0.25, 0.3) is 0 Å². The molecule has 3 aliphatic carbocycles. The van der Waals surface area contributed by atoms with Gasteiger partial charge in [0.15, 0.2) is 0 Å². The van der Waals surface area contributed by atoms with Gasteiger partial charge < -0.3 is 5.11 Å². The van der Waals surface area contributed by atoms with Crippen molar-refractivity contribution in [2.24, 2.45) is 40.9 Å². The average Bonchev–Trinajstić information content (AvgIpc) is 2.92. The van der Waals surface area contributed by atoms with E-state index < -0.39 is 25.0 Å². The van der Waals surface area contributed by atoms with E-state index in [4.69, 9.17) is 5.11 Å². The van der Waals surface area contributed by atoms with Crippen LogP contribution in [0.1, 0.15) is 78.1 Å². The van der Waals surface area contributed by atoms with Gasteiger partial charge in [0.1, 0.15) is 12.2 Å². The van der Waals surface area contributed by atoms with Crippen molar-refractivity contribution in [2.45, 2.75) is 84.2 Å². The molecule has 3 aliphatic rings. The molecule has 1 N–H and O–H groups in total. The summed E-state index contributed by atoms with van der Waals surface area (Å²) in [6.45, 7) is 4.19. The van der Waals surface area contributed by atoms with Crippen molar-refractivity contribution < 1.29 is 27.9 Å². The first-order valence-electron chi connectivity index (χ1n) is 10.9. The van der Waals surface area contributed by atoms with Crippen LogP contribution < -0.4 is 0 Å². The van der Waals surface area contributed by atoms with E-state index >= 15 is 0 Å². The summed E-state index contributed by atoms with van der Waals surface area (Å²) in [4.78, 5) is 23.6. The fraction of sp³-hybridized carbons (Fsp3) is 0.909. The molecular formula is C22H33F3O3. The number of alkyl halides is 3. The standard InChI is InChI=1S/C22H33F3O3/c1-3-4-14-13(12-22(23,24)25)5-6-16-15(14)9-10-21(2)17(16)7-8-18(21)19(26)11-20(27)28/h13-18H,3-12H2,1-2H3,(H,27,28). The van der Waals surface area contributed by atoms with Gasteiger partial charge in [-0.1, -0.05) is 26.7 Å². The molecule has 3 nitrogen and oxygen atoms in total. The number of halogens is 3. The van der Waals surface area contributed by atoms with Crippen molar-refractivity contribution in [2.75, 3.05) is 0 Å². The van der Waals surface area contributed by atoms with Gasteiger partial charge in [-0.15, -0.1) is 0 Å². The molecule has 0 spiro atoms. The second-order valence-electron chi connectivity index (χ2n) is 9.75. The highest BCUT2D eigenvalue weighted by atomic mass is 19.4. The Bertz CT molecular complexity index is 602. The summed E-state index contributed by atoms with van der Waals surface area (Å²) in [5.74, 6) is -0.504. The number of fused-ring (bicyclic) bond motifs is 3. The van der Waals surface area contributed by atoms with Crippen LogP contribution in [0.3, 0.4) is 0 Å². The van der Waals surface area contributed by atoms with Crippen LogP contribution in [0.4, 0.5) is 13.2 Å². The SMILES string of the molecule is CCCC1C(CC(F)(F)F)CCC2C1CCC1(C)C(C(=O)CC(=O)O)CCC21. The molecule has 7 unspecified atom stereocenters. The van der Waals surface area contributed by atoms with Gasteiger partial charge in [-0.25, -0.2) is 0 Å². The highest BCUT2D eigenvalue weighted by molar-refractivity contribution is 5.96. The summed E-state index contributed by atoms with van der Waals surface area (Å²) >= 11 is 0. The molecule has 0 heterocycles. The first kappa shape index (κ1) is 21.6. The molecular weight excluding hydrogens is 369 g/mol. The smallest absolute Gasteiger partial charge is 0.389 e. The molecule has 160 valence electrons. The summed E-state index contributed by atoms with van der Waals surface area (Å²) in [6, 6.07) is 0. The lowest BCUT2D eigenvalue weighted by Gasteiger charge is -2.54. The number of hydrogen-bond acceptors (Lipinski definition) is 2. The minimum Gasteiger partial charge on any atom is -0.481 e. The minimum absolute atomic E-state index is 0.128. The van der Waals surface area contributed by atoms with E-state index in [1.807, 2.05) is 0 Å². The fourth-order valence-electron chi connectivity index (χ4n) is 7.37. The van der Waals surface area contributed by atoms with Gasteiger partial charge in [-0.05, 0) is 73.5 Å². The Kier molecular flexibility index (Phi) is 6.17. The summed E-state index contributed by atoms with van der Waals surface area (Å²) in [5.41, 5.74) is -0.179. The van der Waals surface area contributed by atoms with E-state index in [1.165, 1.54) is 0 Å². The molecule has 0 saturated heterocycles. The highest BCUT2D eigenvalue weighted by Crippen LogP contribution is 2.64. The maximum absolute atomic E-state index is 13.1. The Balaban J connectivity index is 1.78. The first-order chi connectivity index (χ1) is 13.1. The Morgan fingerprint density at radius 2 is 1.79 bits per heavy atom. The third kappa shape index (κ3) is 4.11. The van der Waals surface area contributed by atoms with E-state index in [-0.39, 0.29) is 29.0 Å². The number of carbonyl (C=O) groups is 2. The Labute approximate surface area is 165 Å². The largest absolute Gasteiger partial charge is 0.481 e. The Morgan fingerprint density at radius 3 is 2.39 bits per heavy atom. The Hall–Kier alpha value is -1.07. The quantitative estimate of drug-likeness (QED) is 0.566. The van der Waals surface area contributed by atoms with Crippen molar-refractivity contribution in [1.29, 1.82) is 0 Å². The number of ketones is 1. The van der Waals surface area contributed by atoms with Gasteiger partial charge in [0, 0.05) is 12.3 Å². The molecule has 3 fully saturated rings. The van der Waals surface area contributed by atoms with Crippen LogP contribution in [0.5, 0.6) is 0 Å². The topological polar surface area (TPSA) is 54.4 Å². The van der Waals surface area contributed by atoms with Crippen LogP contribution in [0.2, 0.25) is 0 Å². The van der Waals surface area contributed by atoms with Gasteiger partial charge in [-0.2, -0.15) is 13.2 Å². The number of aliphatic carboxylic acids is 1. The number of hydrogen-bond donors (Lipinski definition) is 1. The van der Waals surface area contributed by atoms with Crippen LogP contribution in [-0.2, 0) is 9.59 Å². The zero-order valence-electron chi connectivity index (χ0n) is 16.9. The molecule has 0 aromatic carbocycles. The molecule has 28 heavy (non-hydrogen) atoms. The third-order valence-electron chi connectivity index (χ3n) is 8.35. The lowest BCUT2D eigenvalue weighted by atomic mass is 9.50. The zero-order chi connectivity index (χ0) is 20.7. The van der Waals surface area contributed by atoms with Gasteiger partial charge >= 0.3 is 12.1 Å². The predicted molar refractivity (Wildman–Crippen MR) is 99.6 cm³/mol. The minimum atomic E-state index is -4.10. The van der Waals surface area contributed by atoms with E-state index in [0.29, 0.717) is 24.2 Å². The number of carbonyl (C=O) groups excluding carboxylic acids is 1. The van der Waals surface area contributed by atoms with Crippen LogP contribution in [0, 0.1) is 40.9 Å². The van der Waals surface area contributed by atoms with Gasteiger partial charge in [-0.3, -0.25) is 9.59 Å². The van der Waals surface area contributed by atoms with E-state index in [1.54, 1.807) is 0 Å². The molecule has 0 aromatic heterocycles. The molecule has 6 heteroatoms. The lowest BCUT2D eigenvalue weighted by molar-refractivity contribution is -0.162. The maximum Gasteiger partial charge on any atom is 0.389 e. The van der Waals surface area contributed by atoms with Crippen molar-refractivity contribution in [3.05, 3.63) is 0 Å². The lowest BCUT2D eigenvalue weighted by Crippen LogP contribution is -2.48. The molecule has 3 rings (SSSR count). The van der Waals surface area contributed by atoms with E-state index in [0.717, 1.165) is 44.9 Å². The molecule has 0 aliphatic heterocycles. The first-order valence-corrected chi connectivity index (χ1v) is 10.9. The Morgan fingerprint density at radius 1 is 1.07 bits per heavy atom. The van der Waals surface area contributed by atoms with E-state index in [9.17, 15) is 22.8 Å². The van der Waals surface area contributed by atoms with Crippen LogP contribution in [-0.4, -0.2) is 23.0 Å². The second kappa shape index (κ2) is 7.98. The second-order valence-corrected chi connectivity index (χ2v) is 9.75. The normalized spacial score (nSPS) is 40.6. The summed E-state index contributed by atoms with van der Waals surface area (Å²) in [5, 5.41) is 9.01. The maximum atomic E-state index is 13.1.